The van der Waals surface area contributed by atoms with E-state index in [4.69, 9.17) is 4.74 Å². The number of aromatic nitrogens is 3. The number of nitrogens with zero attached hydrogens (tertiary/aromatic N) is 3. The van der Waals surface area contributed by atoms with Crippen LogP contribution < -0.4 is 9.46 Å². The van der Waals surface area contributed by atoms with Gasteiger partial charge in [-0.2, -0.15) is 13.2 Å². The molecule has 2 aromatic rings. The van der Waals surface area contributed by atoms with Crippen molar-refractivity contribution in [1.82, 2.24) is 19.5 Å². The van der Waals surface area contributed by atoms with Gasteiger partial charge in [-0.15, -0.1) is 10.2 Å². The van der Waals surface area contributed by atoms with Crippen LogP contribution in [0.2, 0.25) is 0 Å². The van der Waals surface area contributed by atoms with Gasteiger partial charge in [0, 0.05) is 18.5 Å². The van der Waals surface area contributed by atoms with Crippen molar-refractivity contribution >= 4 is 10.0 Å². The molecule has 0 aliphatic heterocycles. The molecule has 1 aromatic carbocycles. The molecule has 1 fully saturated rings. The second-order valence-electron chi connectivity index (χ2n) is 7.74. The molecule has 1 aliphatic carbocycles. The van der Waals surface area contributed by atoms with Gasteiger partial charge >= 0.3 is 6.18 Å². The largest absolute Gasteiger partial charge is 0.494 e. The van der Waals surface area contributed by atoms with E-state index in [0.29, 0.717) is 24.2 Å². The van der Waals surface area contributed by atoms with Crippen molar-refractivity contribution < 1.29 is 26.3 Å². The van der Waals surface area contributed by atoms with E-state index in [0.717, 1.165) is 19.3 Å². The predicted molar refractivity (Wildman–Crippen MR) is 108 cm³/mol. The molecule has 0 amide bonds. The summed E-state index contributed by atoms with van der Waals surface area (Å²) in [4.78, 5) is 0.170. The maximum Gasteiger partial charge on any atom is 0.389 e. The van der Waals surface area contributed by atoms with E-state index < -0.39 is 22.6 Å². The van der Waals surface area contributed by atoms with E-state index in [9.17, 15) is 21.6 Å². The fourth-order valence-electron chi connectivity index (χ4n) is 3.87. The molecule has 1 aliphatic rings. The zero-order chi connectivity index (χ0) is 22.5. The topological polar surface area (TPSA) is 86.1 Å². The number of hydrogen-bond donors (Lipinski definition) is 1. The molecule has 1 aromatic heterocycles. The molecule has 11 heteroatoms. The summed E-state index contributed by atoms with van der Waals surface area (Å²) in [6, 6.07) is 4.48. The summed E-state index contributed by atoms with van der Waals surface area (Å²) in [6.45, 7) is 1.74. The Hall–Kier alpha value is -2.14. The van der Waals surface area contributed by atoms with Crippen LogP contribution in [-0.4, -0.2) is 42.0 Å². The first-order valence-corrected chi connectivity index (χ1v) is 11.8. The van der Waals surface area contributed by atoms with Crippen LogP contribution in [0.15, 0.2) is 35.7 Å². The van der Waals surface area contributed by atoms with Crippen molar-refractivity contribution in [3.8, 4) is 5.75 Å². The second kappa shape index (κ2) is 9.99. The highest BCUT2D eigenvalue weighted by molar-refractivity contribution is 7.89. The summed E-state index contributed by atoms with van der Waals surface area (Å²) in [7, 11) is -3.75. The Morgan fingerprint density at radius 1 is 1.23 bits per heavy atom. The SMILES string of the molecule is CCc1cc(OCCCC(F)(F)F)ccc1S(=O)(=O)N[C@H]1CCC[C@@H](n2cnnc2)C1. The maximum absolute atomic E-state index is 13.0. The fourth-order valence-corrected chi connectivity index (χ4v) is 5.44. The standard InChI is InChI=1S/C20H27F3N4O3S/c1-2-15-11-18(30-10-4-9-20(21,22)23)7-8-19(15)31(28,29)26-16-5-3-6-17(12-16)27-13-24-25-14-27/h7-8,11,13-14,16-17,26H,2-6,9-10,12H2,1H3/t16-,17+/m0/s1. The van der Waals surface area contributed by atoms with Gasteiger partial charge in [0.25, 0.3) is 0 Å². The van der Waals surface area contributed by atoms with Gasteiger partial charge in [-0.25, -0.2) is 13.1 Å². The molecule has 3 rings (SSSR count). The van der Waals surface area contributed by atoms with Gasteiger partial charge in [0.1, 0.15) is 18.4 Å². The summed E-state index contributed by atoms with van der Waals surface area (Å²) < 4.78 is 72.9. The van der Waals surface area contributed by atoms with Crippen molar-refractivity contribution in [3.63, 3.8) is 0 Å². The lowest BCUT2D eigenvalue weighted by atomic mass is 9.91. The number of hydrogen-bond acceptors (Lipinski definition) is 5. The second-order valence-corrected chi connectivity index (χ2v) is 9.42. The number of ether oxygens (including phenoxy) is 1. The Morgan fingerprint density at radius 2 is 1.97 bits per heavy atom. The highest BCUT2D eigenvalue weighted by atomic mass is 32.2. The number of benzene rings is 1. The Balaban J connectivity index is 1.64. The molecule has 172 valence electrons. The minimum absolute atomic E-state index is 0.0837. The molecule has 0 bridgehead atoms. The Labute approximate surface area is 180 Å². The maximum atomic E-state index is 13.0. The van der Waals surface area contributed by atoms with Crippen LogP contribution in [0.25, 0.3) is 0 Å². The fraction of sp³-hybridized carbons (Fsp3) is 0.600. The van der Waals surface area contributed by atoms with E-state index >= 15 is 0 Å². The molecule has 7 nitrogen and oxygen atoms in total. The van der Waals surface area contributed by atoms with Crippen LogP contribution in [0, 0.1) is 0 Å². The smallest absolute Gasteiger partial charge is 0.389 e. The van der Waals surface area contributed by atoms with E-state index in [1.807, 2.05) is 11.5 Å². The van der Waals surface area contributed by atoms with Crippen LogP contribution in [0.5, 0.6) is 5.75 Å². The first kappa shape index (κ1) is 23.5. The summed E-state index contributed by atoms with van der Waals surface area (Å²) in [6.07, 6.45) is 1.69. The summed E-state index contributed by atoms with van der Waals surface area (Å²) >= 11 is 0. The van der Waals surface area contributed by atoms with Gasteiger partial charge in [0.2, 0.25) is 10.0 Å². The van der Waals surface area contributed by atoms with Gasteiger partial charge in [-0.05, 0) is 62.3 Å². The summed E-state index contributed by atoms with van der Waals surface area (Å²) in [5.41, 5.74) is 0.562. The molecule has 0 saturated heterocycles. The van der Waals surface area contributed by atoms with Crippen LogP contribution in [-0.2, 0) is 16.4 Å². The monoisotopic (exact) mass is 460 g/mol. The van der Waals surface area contributed by atoms with Gasteiger partial charge in [0.15, 0.2) is 0 Å². The van der Waals surface area contributed by atoms with Crippen molar-refractivity contribution in [2.45, 2.75) is 75.0 Å². The van der Waals surface area contributed by atoms with Gasteiger partial charge < -0.3 is 9.30 Å². The molecule has 0 spiro atoms. The molecule has 0 unspecified atom stereocenters. The highest BCUT2D eigenvalue weighted by Crippen LogP contribution is 2.30. The third-order valence-electron chi connectivity index (χ3n) is 5.40. The molecule has 31 heavy (non-hydrogen) atoms. The average Bonchev–Trinajstić information content (AvgIpc) is 3.25. The van der Waals surface area contributed by atoms with E-state index in [1.165, 1.54) is 12.1 Å². The molecule has 1 N–H and O–H groups in total. The van der Waals surface area contributed by atoms with E-state index in [1.54, 1.807) is 18.7 Å². The van der Waals surface area contributed by atoms with E-state index in [2.05, 4.69) is 14.9 Å². The van der Waals surface area contributed by atoms with Gasteiger partial charge in [0.05, 0.1) is 11.5 Å². The third-order valence-corrected chi connectivity index (χ3v) is 7.02. The number of sulfonamides is 1. The average molecular weight is 461 g/mol. The zero-order valence-corrected chi connectivity index (χ0v) is 18.1. The third kappa shape index (κ3) is 6.67. The van der Waals surface area contributed by atoms with Crippen molar-refractivity contribution in [3.05, 3.63) is 36.4 Å². The lowest BCUT2D eigenvalue weighted by Gasteiger charge is -2.30. The first-order valence-electron chi connectivity index (χ1n) is 10.4. The minimum Gasteiger partial charge on any atom is -0.494 e. The van der Waals surface area contributed by atoms with Crippen molar-refractivity contribution in [2.75, 3.05) is 6.61 Å². The van der Waals surface area contributed by atoms with Crippen molar-refractivity contribution in [2.24, 2.45) is 0 Å². The quantitative estimate of drug-likeness (QED) is 0.571. The van der Waals surface area contributed by atoms with Gasteiger partial charge in [-0.1, -0.05) is 6.92 Å². The Bertz CT molecular complexity index is 949. The van der Waals surface area contributed by atoms with Crippen LogP contribution >= 0.6 is 0 Å². The van der Waals surface area contributed by atoms with Crippen LogP contribution in [0.4, 0.5) is 13.2 Å². The summed E-state index contributed by atoms with van der Waals surface area (Å²) in [5, 5.41) is 7.64. The molecule has 1 heterocycles. The Morgan fingerprint density at radius 3 is 2.65 bits per heavy atom. The number of alkyl halides is 3. The van der Waals surface area contributed by atoms with Gasteiger partial charge in [-0.3, -0.25) is 0 Å². The molecule has 0 radical (unpaired) electrons. The molecular weight excluding hydrogens is 433 g/mol. The van der Waals surface area contributed by atoms with Crippen molar-refractivity contribution in [1.29, 1.82) is 0 Å². The van der Waals surface area contributed by atoms with E-state index in [-0.39, 0.29) is 30.0 Å². The normalized spacial score (nSPS) is 20.0. The molecular formula is C20H27F3N4O3S. The Kier molecular flexibility index (Phi) is 7.58. The minimum atomic E-state index is -4.21. The first-order chi connectivity index (χ1) is 14.7. The number of nitrogens with one attached hydrogen (secondary N) is 1. The number of rotatable bonds is 9. The lowest BCUT2D eigenvalue weighted by Crippen LogP contribution is -2.39. The zero-order valence-electron chi connectivity index (χ0n) is 17.3. The van der Waals surface area contributed by atoms with Crippen LogP contribution in [0.3, 0.4) is 0 Å². The molecule has 1 saturated carbocycles. The van der Waals surface area contributed by atoms with Crippen LogP contribution in [0.1, 0.15) is 57.1 Å². The highest BCUT2D eigenvalue weighted by Gasteiger charge is 2.29. The summed E-state index contributed by atoms with van der Waals surface area (Å²) in [5.74, 6) is 0.364. The predicted octanol–water partition coefficient (Wildman–Crippen LogP) is 4.02. The molecule has 2 atom stereocenters. The lowest BCUT2D eigenvalue weighted by molar-refractivity contribution is -0.136. The number of halogens is 3. The number of aryl methyl sites for hydroxylation is 1.